The maximum atomic E-state index is 9.55. The van der Waals surface area contributed by atoms with Crippen LogP contribution in [0.5, 0.6) is 0 Å². The predicted molar refractivity (Wildman–Crippen MR) is 98.7 cm³/mol. The van der Waals surface area contributed by atoms with Crippen molar-refractivity contribution >= 4 is 5.69 Å². The molecule has 2 heteroatoms. The molecule has 3 aromatic carbocycles. The van der Waals surface area contributed by atoms with Crippen LogP contribution >= 0.6 is 0 Å². The molecule has 2 nitrogen and oxygen atoms in total. The molecule has 0 aliphatic carbocycles. The molecule has 0 spiro atoms. The van der Waals surface area contributed by atoms with Crippen LogP contribution < -0.4 is 4.90 Å². The molecule has 0 N–H and O–H groups in total. The Hall–Kier alpha value is -3.05. The number of para-hydroxylation sites is 1. The van der Waals surface area contributed by atoms with E-state index in [1.54, 1.807) is 0 Å². The highest BCUT2D eigenvalue weighted by Crippen LogP contribution is 2.28. The first-order valence-corrected chi connectivity index (χ1v) is 8.10. The Labute approximate surface area is 143 Å². The minimum atomic E-state index is 0.724. The zero-order valence-electron chi connectivity index (χ0n) is 13.8. The van der Waals surface area contributed by atoms with Gasteiger partial charge in [0.15, 0.2) is 0 Å². The van der Waals surface area contributed by atoms with Crippen LogP contribution in [0.15, 0.2) is 78.9 Å². The third-order valence-electron chi connectivity index (χ3n) is 4.11. The molecule has 0 unspecified atom stereocenters. The Bertz CT molecular complexity index is 791. The third-order valence-corrected chi connectivity index (χ3v) is 4.11. The molecule has 118 valence electrons. The van der Waals surface area contributed by atoms with E-state index in [4.69, 9.17) is 0 Å². The summed E-state index contributed by atoms with van der Waals surface area (Å²) in [4.78, 5) is 2.29. The molecular weight excluding hydrogens is 292 g/mol. The number of anilines is 1. The van der Waals surface area contributed by atoms with Gasteiger partial charge in [0.05, 0.1) is 11.3 Å². The molecule has 3 rings (SSSR count). The van der Waals surface area contributed by atoms with Crippen LogP contribution in [0.25, 0.3) is 0 Å². The summed E-state index contributed by atoms with van der Waals surface area (Å²) in [7, 11) is 0. The lowest BCUT2D eigenvalue weighted by Crippen LogP contribution is -2.24. The summed E-state index contributed by atoms with van der Waals surface area (Å²) in [6.07, 6.45) is 0. The number of hydrogen-bond acceptors (Lipinski definition) is 2. The second kappa shape index (κ2) is 7.48. The molecule has 24 heavy (non-hydrogen) atoms. The molecule has 0 heterocycles. The standard InChI is InChI=1S/C22H20N2/c1-18-9-8-14-21(15-23)22(18)24(16-19-10-4-2-5-11-19)17-20-12-6-3-7-13-20/h2-14H,16-17H2,1H3. The van der Waals surface area contributed by atoms with E-state index in [9.17, 15) is 5.26 Å². The minimum absolute atomic E-state index is 0.724. The van der Waals surface area contributed by atoms with Gasteiger partial charge in [-0.15, -0.1) is 0 Å². The minimum Gasteiger partial charge on any atom is -0.362 e. The van der Waals surface area contributed by atoms with Gasteiger partial charge in [0.2, 0.25) is 0 Å². The highest BCUT2D eigenvalue weighted by Gasteiger charge is 2.15. The molecule has 0 aliphatic rings. The van der Waals surface area contributed by atoms with Crippen molar-refractivity contribution in [1.29, 1.82) is 5.26 Å². The molecule has 0 saturated heterocycles. The van der Waals surface area contributed by atoms with Crippen molar-refractivity contribution < 1.29 is 0 Å². The van der Waals surface area contributed by atoms with Crippen LogP contribution in [0, 0.1) is 18.3 Å². The summed E-state index contributed by atoms with van der Waals surface area (Å²) in [5.74, 6) is 0. The summed E-state index contributed by atoms with van der Waals surface area (Å²) in [5.41, 5.74) is 5.34. The fourth-order valence-corrected chi connectivity index (χ4v) is 2.99. The van der Waals surface area contributed by atoms with Gasteiger partial charge in [-0.05, 0) is 29.7 Å². The lowest BCUT2D eigenvalue weighted by Gasteiger charge is -2.28. The number of hydrogen-bond donors (Lipinski definition) is 0. The van der Waals surface area contributed by atoms with Crippen molar-refractivity contribution in [3.05, 3.63) is 101 Å². The Kier molecular flexibility index (Phi) is 4.93. The molecule has 0 aromatic heterocycles. The fourth-order valence-electron chi connectivity index (χ4n) is 2.99. The van der Waals surface area contributed by atoms with Crippen molar-refractivity contribution in [1.82, 2.24) is 0 Å². The van der Waals surface area contributed by atoms with Crippen LogP contribution in [0.4, 0.5) is 5.69 Å². The highest BCUT2D eigenvalue weighted by molar-refractivity contribution is 5.64. The molecule has 0 aliphatic heterocycles. The average molecular weight is 312 g/mol. The summed E-state index contributed by atoms with van der Waals surface area (Å²) < 4.78 is 0. The van der Waals surface area contributed by atoms with Crippen molar-refractivity contribution in [3.63, 3.8) is 0 Å². The normalized spacial score (nSPS) is 10.2. The first-order chi connectivity index (χ1) is 11.8. The van der Waals surface area contributed by atoms with Gasteiger partial charge < -0.3 is 4.90 Å². The van der Waals surface area contributed by atoms with Gasteiger partial charge in [0.25, 0.3) is 0 Å². The molecule has 0 atom stereocenters. The van der Waals surface area contributed by atoms with Crippen LogP contribution in [0.1, 0.15) is 22.3 Å². The average Bonchev–Trinajstić information content (AvgIpc) is 2.63. The van der Waals surface area contributed by atoms with Gasteiger partial charge >= 0.3 is 0 Å². The molecule has 0 fully saturated rings. The van der Waals surface area contributed by atoms with E-state index in [1.165, 1.54) is 11.1 Å². The molecule has 3 aromatic rings. The smallest absolute Gasteiger partial charge is 0.101 e. The monoisotopic (exact) mass is 312 g/mol. The summed E-state index contributed by atoms with van der Waals surface area (Å²) in [5, 5.41) is 9.55. The summed E-state index contributed by atoms with van der Waals surface area (Å²) in [6.45, 7) is 3.61. The van der Waals surface area contributed by atoms with Gasteiger partial charge in [-0.1, -0.05) is 72.8 Å². The number of rotatable bonds is 5. The van der Waals surface area contributed by atoms with Gasteiger partial charge in [0.1, 0.15) is 6.07 Å². The van der Waals surface area contributed by atoms with E-state index >= 15 is 0 Å². The zero-order chi connectivity index (χ0) is 16.8. The zero-order valence-corrected chi connectivity index (χ0v) is 13.8. The molecule has 0 bridgehead atoms. The Balaban J connectivity index is 2.00. The topological polar surface area (TPSA) is 27.0 Å². The largest absolute Gasteiger partial charge is 0.362 e. The Morgan fingerprint density at radius 3 is 1.79 bits per heavy atom. The van der Waals surface area contributed by atoms with E-state index in [0.29, 0.717) is 0 Å². The Morgan fingerprint density at radius 1 is 0.750 bits per heavy atom. The van der Waals surface area contributed by atoms with Crippen LogP contribution in [-0.2, 0) is 13.1 Å². The van der Waals surface area contributed by atoms with E-state index in [0.717, 1.165) is 29.9 Å². The molecule has 0 saturated carbocycles. The number of nitrogens with zero attached hydrogens (tertiary/aromatic N) is 2. The second-order valence-electron chi connectivity index (χ2n) is 5.91. The summed E-state index contributed by atoms with van der Waals surface area (Å²) >= 11 is 0. The summed E-state index contributed by atoms with van der Waals surface area (Å²) in [6, 6.07) is 29.0. The van der Waals surface area contributed by atoms with Crippen molar-refractivity contribution in [2.75, 3.05) is 4.90 Å². The van der Waals surface area contributed by atoms with Crippen LogP contribution in [0.3, 0.4) is 0 Å². The van der Waals surface area contributed by atoms with Gasteiger partial charge in [0, 0.05) is 13.1 Å². The lowest BCUT2D eigenvalue weighted by molar-refractivity contribution is 0.795. The number of aryl methyl sites for hydroxylation is 1. The van der Waals surface area contributed by atoms with Gasteiger partial charge in [-0.25, -0.2) is 0 Å². The van der Waals surface area contributed by atoms with E-state index in [-0.39, 0.29) is 0 Å². The molecular formula is C22H20N2. The molecule has 0 radical (unpaired) electrons. The quantitative estimate of drug-likeness (QED) is 0.657. The lowest BCUT2D eigenvalue weighted by atomic mass is 10.1. The number of nitriles is 1. The Morgan fingerprint density at radius 2 is 1.29 bits per heavy atom. The maximum Gasteiger partial charge on any atom is 0.101 e. The SMILES string of the molecule is Cc1cccc(C#N)c1N(Cc1ccccc1)Cc1ccccc1. The number of benzene rings is 3. The second-order valence-corrected chi connectivity index (χ2v) is 5.91. The highest BCUT2D eigenvalue weighted by atomic mass is 15.1. The van der Waals surface area contributed by atoms with E-state index in [2.05, 4.69) is 72.5 Å². The van der Waals surface area contributed by atoms with Gasteiger partial charge in [-0.3, -0.25) is 0 Å². The fraction of sp³-hybridized carbons (Fsp3) is 0.136. The first-order valence-electron chi connectivity index (χ1n) is 8.10. The molecule has 0 amide bonds. The maximum absolute atomic E-state index is 9.55. The van der Waals surface area contributed by atoms with E-state index in [1.807, 2.05) is 24.3 Å². The van der Waals surface area contributed by atoms with Crippen molar-refractivity contribution in [2.45, 2.75) is 20.0 Å². The van der Waals surface area contributed by atoms with Crippen molar-refractivity contribution in [2.24, 2.45) is 0 Å². The first kappa shape index (κ1) is 15.8. The van der Waals surface area contributed by atoms with Crippen LogP contribution in [-0.4, -0.2) is 0 Å². The van der Waals surface area contributed by atoms with Crippen molar-refractivity contribution in [3.8, 4) is 6.07 Å². The van der Waals surface area contributed by atoms with Crippen LogP contribution in [0.2, 0.25) is 0 Å². The third kappa shape index (κ3) is 3.64. The predicted octanol–water partition coefficient (Wildman–Crippen LogP) is 5.07. The van der Waals surface area contributed by atoms with Gasteiger partial charge in [-0.2, -0.15) is 5.26 Å². The van der Waals surface area contributed by atoms with E-state index < -0.39 is 0 Å².